The molecule has 2 amide bonds. The van der Waals surface area contributed by atoms with E-state index in [0.717, 1.165) is 12.8 Å². The quantitative estimate of drug-likeness (QED) is 0.744. The molecular weight excluding hydrogens is 260 g/mol. The number of furan rings is 1. The van der Waals surface area contributed by atoms with E-state index in [1.807, 2.05) is 0 Å². The van der Waals surface area contributed by atoms with Gasteiger partial charge in [-0.15, -0.1) is 0 Å². The molecule has 1 aliphatic rings. The molecule has 1 saturated carbocycles. The zero-order chi connectivity index (χ0) is 14.6. The topological polar surface area (TPSA) is 91.6 Å². The number of aliphatic hydroxyl groups is 1. The Labute approximate surface area is 117 Å². The molecule has 1 atom stereocenters. The van der Waals surface area contributed by atoms with Crippen LogP contribution in [0.1, 0.15) is 43.0 Å². The Balaban J connectivity index is 1.78. The lowest BCUT2D eigenvalue weighted by atomic mass is 10.0. The van der Waals surface area contributed by atoms with Crippen LogP contribution in [0, 0.1) is 0 Å². The summed E-state index contributed by atoms with van der Waals surface area (Å²) in [5, 5.41) is 15.4. The third kappa shape index (κ3) is 3.60. The first-order valence-corrected chi connectivity index (χ1v) is 6.83. The van der Waals surface area contributed by atoms with Crippen molar-refractivity contribution in [3.8, 4) is 0 Å². The molecule has 6 heteroatoms. The van der Waals surface area contributed by atoms with E-state index >= 15 is 0 Å². The molecule has 0 bridgehead atoms. The Morgan fingerprint density at radius 3 is 2.75 bits per heavy atom. The Morgan fingerprint density at radius 1 is 1.45 bits per heavy atom. The van der Waals surface area contributed by atoms with Gasteiger partial charge in [-0.1, -0.05) is 12.8 Å². The maximum absolute atomic E-state index is 11.9. The van der Waals surface area contributed by atoms with Crippen LogP contribution in [0.2, 0.25) is 0 Å². The lowest BCUT2D eigenvalue weighted by molar-refractivity contribution is -0.123. The van der Waals surface area contributed by atoms with Crippen molar-refractivity contribution in [2.75, 3.05) is 6.54 Å². The maximum atomic E-state index is 11.9. The molecule has 0 aliphatic heterocycles. The molecule has 1 aliphatic carbocycles. The summed E-state index contributed by atoms with van der Waals surface area (Å²) in [5.74, 6) is -0.664. The largest absolute Gasteiger partial charge is 0.472 e. The predicted molar refractivity (Wildman–Crippen MR) is 72.1 cm³/mol. The van der Waals surface area contributed by atoms with Crippen molar-refractivity contribution < 1.29 is 19.1 Å². The molecule has 2 rings (SSSR count). The molecular formula is C14H20N2O4. The highest BCUT2D eigenvalue weighted by molar-refractivity contribution is 5.97. The van der Waals surface area contributed by atoms with Gasteiger partial charge in [-0.2, -0.15) is 0 Å². The van der Waals surface area contributed by atoms with Crippen molar-refractivity contribution in [3.05, 3.63) is 24.2 Å². The molecule has 0 radical (unpaired) electrons. The minimum Gasteiger partial charge on any atom is -0.472 e. The SMILES string of the molecule is CC(NC(=O)c1ccoc1)C(=O)NCC1(O)CCCC1. The molecule has 3 N–H and O–H groups in total. The molecule has 1 aromatic rings. The van der Waals surface area contributed by atoms with Gasteiger partial charge in [-0.05, 0) is 25.8 Å². The van der Waals surface area contributed by atoms with E-state index in [9.17, 15) is 14.7 Å². The normalized spacial score (nSPS) is 18.5. The summed E-state index contributed by atoms with van der Waals surface area (Å²) >= 11 is 0. The number of carbonyl (C=O) groups excluding carboxylic acids is 2. The van der Waals surface area contributed by atoms with Gasteiger partial charge >= 0.3 is 0 Å². The third-order valence-corrected chi connectivity index (χ3v) is 3.65. The summed E-state index contributed by atoms with van der Waals surface area (Å²) in [6, 6.07) is 0.865. The fourth-order valence-corrected chi connectivity index (χ4v) is 2.35. The summed E-state index contributed by atoms with van der Waals surface area (Å²) in [7, 11) is 0. The van der Waals surface area contributed by atoms with Crippen LogP contribution in [-0.2, 0) is 4.79 Å². The third-order valence-electron chi connectivity index (χ3n) is 3.65. The van der Waals surface area contributed by atoms with Gasteiger partial charge in [0.15, 0.2) is 0 Å². The van der Waals surface area contributed by atoms with Gasteiger partial charge in [0.25, 0.3) is 5.91 Å². The first-order valence-electron chi connectivity index (χ1n) is 6.83. The van der Waals surface area contributed by atoms with E-state index in [2.05, 4.69) is 10.6 Å². The molecule has 1 heterocycles. The van der Waals surface area contributed by atoms with Gasteiger partial charge in [0.2, 0.25) is 5.91 Å². The van der Waals surface area contributed by atoms with Gasteiger partial charge < -0.3 is 20.2 Å². The van der Waals surface area contributed by atoms with Crippen LogP contribution in [0.25, 0.3) is 0 Å². The molecule has 20 heavy (non-hydrogen) atoms. The second-order valence-corrected chi connectivity index (χ2v) is 5.36. The van der Waals surface area contributed by atoms with Crippen LogP contribution >= 0.6 is 0 Å². The lowest BCUT2D eigenvalue weighted by Gasteiger charge is -2.23. The summed E-state index contributed by atoms with van der Waals surface area (Å²) in [5.41, 5.74) is -0.414. The molecule has 0 aromatic carbocycles. The standard InChI is InChI=1S/C14H20N2O4/c1-10(16-13(18)11-4-7-20-8-11)12(17)15-9-14(19)5-2-3-6-14/h4,7-8,10,19H,2-3,5-6,9H2,1H3,(H,15,17)(H,16,18). The van der Waals surface area contributed by atoms with Gasteiger partial charge in [-0.3, -0.25) is 9.59 Å². The highest BCUT2D eigenvalue weighted by Gasteiger charge is 2.31. The van der Waals surface area contributed by atoms with E-state index in [1.165, 1.54) is 18.6 Å². The van der Waals surface area contributed by atoms with Crippen molar-refractivity contribution in [1.82, 2.24) is 10.6 Å². The first kappa shape index (κ1) is 14.6. The van der Waals surface area contributed by atoms with Crippen LogP contribution in [0.5, 0.6) is 0 Å². The van der Waals surface area contributed by atoms with Crippen LogP contribution in [0.3, 0.4) is 0 Å². The van der Waals surface area contributed by atoms with Crippen molar-refractivity contribution in [1.29, 1.82) is 0 Å². The molecule has 1 unspecified atom stereocenters. The predicted octanol–water partition coefficient (Wildman–Crippen LogP) is 0.819. The highest BCUT2D eigenvalue weighted by Crippen LogP contribution is 2.28. The first-order chi connectivity index (χ1) is 9.50. The van der Waals surface area contributed by atoms with E-state index in [4.69, 9.17) is 4.42 Å². The molecule has 110 valence electrons. The number of hydrogen-bond acceptors (Lipinski definition) is 4. The van der Waals surface area contributed by atoms with E-state index < -0.39 is 11.6 Å². The molecule has 1 fully saturated rings. The van der Waals surface area contributed by atoms with Gasteiger partial charge in [0.05, 0.1) is 17.4 Å². The minimum absolute atomic E-state index is 0.234. The smallest absolute Gasteiger partial charge is 0.255 e. The summed E-state index contributed by atoms with van der Waals surface area (Å²) in [6.45, 7) is 1.84. The van der Waals surface area contributed by atoms with Crippen LogP contribution < -0.4 is 10.6 Å². The molecule has 0 saturated heterocycles. The van der Waals surface area contributed by atoms with Crippen molar-refractivity contribution in [2.45, 2.75) is 44.2 Å². The van der Waals surface area contributed by atoms with Crippen molar-refractivity contribution in [3.63, 3.8) is 0 Å². The molecule has 6 nitrogen and oxygen atoms in total. The minimum atomic E-state index is -0.788. The number of carbonyl (C=O) groups is 2. The number of hydrogen-bond donors (Lipinski definition) is 3. The zero-order valence-corrected chi connectivity index (χ0v) is 11.5. The van der Waals surface area contributed by atoms with Gasteiger partial charge in [0, 0.05) is 6.54 Å². The Bertz CT molecular complexity index is 464. The number of nitrogens with one attached hydrogen (secondary N) is 2. The number of amides is 2. The fraction of sp³-hybridized carbons (Fsp3) is 0.571. The molecule has 1 aromatic heterocycles. The Kier molecular flexibility index (Phi) is 4.44. The fourth-order valence-electron chi connectivity index (χ4n) is 2.35. The van der Waals surface area contributed by atoms with E-state index in [1.54, 1.807) is 6.92 Å². The molecule has 0 spiro atoms. The van der Waals surface area contributed by atoms with Gasteiger partial charge in [0.1, 0.15) is 12.3 Å². The second-order valence-electron chi connectivity index (χ2n) is 5.36. The van der Waals surface area contributed by atoms with Crippen LogP contribution in [-0.4, -0.2) is 35.1 Å². The number of rotatable bonds is 5. The monoisotopic (exact) mass is 280 g/mol. The van der Waals surface area contributed by atoms with E-state index in [-0.39, 0.29) is 18.4 Å². The highest BCUT2D eigenvalue weighted by atomic mass is 16.3. The summed E-state index contributed by atoms with van der Waals surface area (Å²) in [6.07, 6.45) is 6.11. The van der Waals surface area contributed by atoms with E-state index in [0.29, 0.717) is 18.4 Å². The summed E-state index contributed by atoms with van der Waals surface area (Å²) in [4.78, 5) is 23.6. The lowest BCUT2D eigenvalue weighted by Crippen LogP contribution is -2.49. The Morgan fingerprint density at radius 2 is 2.15 bits per heavy atom. The average molecular weight is 280 g/mol. The maximum Gasteiger partial charge on any atom is 0.255 e. The van der Waals surface area contributed by atoms with Crippen molar-refractivity contribution >= 4 is 11.8 Å². The van der Waals surface area contributed by atoms with Crippen molar-refractivity contribution in [2.24, 2.45) is 0 Å². The van der Waals surface area contributed by atoms with Gasteiger partial charge in [-0.25, -0.2) is 0 Å². The van der Waals surface area contributed by atoms with Crippen LogP contribution in [0.15, 0.2) is 23.0 Å². The second kappa shape index (κ2) is 6.09. The Hall–Kier alpha value is -1.82. The van der Waals surface area contributed by atoms with Crippen LogP contribution in [0.4, 0.5) is 0 Å². The zero-order valence-electron chi connectivity index (χ0n) is 11.5. The summed E-state index contributed by atoms with van der Waals surface area (Å²) < 4.78 is 4.81. The average Bonchev–Trinajstić information content (AvgIpc) is 3.07.